The van der Waals surface area contributed by atoms with Gasteiger partial charge >= 0.3 is 0 Å². The van der Waals surface area contributed by atoms with Crippen LogP contribution in [0.25, 0.3) is 0 Å². The summed E-state index contributed by atoms with van der Waals surface area (Å²) in [7, 11) is 0. The summed E-state index contributed by atoms with van der Waals surface area (Å²) >= 11 is 0. The molecule has 0 saturated carbocycles. The highest BCUT2D eigenvalue weighted by Crippen LogP contribution is 2.10. The predicted molar refractivity (Wildman–Crippen MR) is 88.1 cm³/mol. The fraction of sp³-hybridized carbons (Fsp3) is 0.312. The molecule has 0 spiro atoms. The van der Waals surface area contributed by atoms with E-state index in [1.54, 1.807) is 6.07 Å². The van der Waals surface area contributed by atoms with Crippen molar-refractivity contribution in [2.75, 3.05) is 30.3 Å². The van der Waals surface area contributed by atoms with Gasteiger partial charge in [-0.3, -0.25) is 4.79 Å². The lowest BCUT2D eigenvalue weighted by Gasteiger charge is -2.10. The Balaban J connectivity index is 1.85. The highest BCUT2D eigenvalue weighted by Gasteiger charge is 2.11. The molecule has 1 aromatic heterocycles. The second-order valence-electron chi connectivity index (χ2n) is 5.06. The minimum absolute atomic E-state index is 0.191. The van der Waals surface area contributed by atoms with E-state index in [-0.39, 0.29) is 12.1 Å². The van der Waals surface area contributed by atoms with Crippen molar-refractivity contribution in [2.24, 2.45) is 0 Å². The van der Waals surface area contributed by atoms with Crippen molar-refractivity contribution >= 4 is 17.7 Å². The lowest BCUT2D eigenvalue weighted by atomic mass is 10.2. The molecule has 0 unspecified atom stereocenters. The first-order chi connectivity index (χ1) is 11.5. The second-order valence-corrected chi connectivity index (χ2v) is 5.06. The van der Waals surface area contributed by atoms with Crippen molar-refractivity contribution in [3.8, 4) is 0 Å². The molecule has 2 rings (SSSR count). The molecule has 0 bridgehead atoms. The van der Waals surface area contributed by atoms with Crippen LogP contribution in [0.15, 0.2) is 24.3 Å². The van der Waals surface area contributed by atoms with E-state index in [1.807, 2.05) is 13.8 Å². The molecular formula is C16H19F2N5O. The lowest BCUT2D eigenvalue weighted by Crippen LogP contribution is -2.29. The predicted octanol–water partition coefficient (Wildman–Crippen LogP) is 2.34. The zero-order valence-corrected chi connectivity index (χ0v) is 13.5. The van der Waals surface area contributed by atoms with Gasteiger partial charge in [-0.1, -0.05) is 0 Å². The third-order valence-electron chi connectivity index (χ3n) is 3.08. The Bertz CT molecular complexity index is 724. The Hall–Kier alpha value is -2.77. The molecule has 0 radical (unpaired) electrons. The highest BCUT2D eigenvalue weighted by molar-refractivity contribution is 5.94. The van der Waals surface area contributed by atoms with Gasteiger partial charge in [0.05, 0.1) is 5.56 Å². The van der Waals surface area contributed by atoms with Crippen LogP contribution in [0.4, 0.5) is 20.5 Å². The number of nitrogens with one attached hydrogen (secondary N) is 3. The van der Waals surface area contributed by atoms with E-state index in [1.165, 1.54) is 0 Å². The number of halogens is 2. The summed E-state index contributed by atoms with van der Waals surface area (Å²) in [6.45, 7) is 5.17. The lowest BCUT2D eigenvalue weighted by molar-refractivity contribution is 0.0951. The Morgan fingerprint density at radius 2 is 1.92 bits per heavy atom. The quantitative estimate of drug-likeness (QED) is 0.677. The van der Waals surface area contributed by atoms with Gasteiger partial charge in [0.2, 0.25) is 5.95 Å². The SMILES string of the molecule is CCNc1nc(C)cc(NCCNC(=O)c2ccc(F)cc2F)n1. The summed E-state index contributed by atoms with van der Waals surface area (Å²) in [5.74, 6) is -1.05. The van der Waals surface area contributed by atoms with Crippen LogP contribution in [0.3, 0.4) is 0 Å². The van der Waals surface area contributed by atoms with E-state index < -0.39 is 17.5 Å². The van der Waals surface area contributed by atoms with Crippen LogP contribution < -0.4 is 16.0 Å². The molecule has 1 heterocycles. The molecule has 1 aromatic carbocycles. The van der Waals surface area contributed by atoms with Gasteiger partial charge in [-0.15, -0.1) is 0 Å². The summed E-state index contributed by atoms with van der Waals surface area (Å²) in [5, 5.41) is 8.64. The Morgan fingerprint density at radius 3 is 2.62 bits per heavy atom. The number of aromatic nitrogens is 2. The molecule has 1 amide bonds. The minimum Gasteiger partial charge on any atom is -0.368 e. The number of anilines is 2. The largest absolute Gasteiger partial charge is 0.368 e. The maximum Gasteiger partial charge on any atom is 0.254 e. The van der Waals surface area contributed by atoms with Gasteiger partial charge in [-0.25, -0.2) is 13.8 Å². The van der Waals surface area contributed by atoms with Gasteiger partial charge in [-0.05, 0) is 26.0 Å². The molecule has 128 valence electrons. The number of benzene rings is 1. The van der Waals surface area contributed by atoms with E-state index in [0.717, 1.165) is 17.8 Å². The van der Waals surface area contributed by atoms with Crippen LogP contribution in [-0.4, -0.2) is 35.5 Å². The standard InChI is InChI=1S/C16H19F2N5O/c1-3-19-16-22-10(2)8-14(23-16)20-6-7-21-15(24)12-5-4-11(17)9-13(12)18/h4-5,8-9H,3,6-7H2,1-2H3,(H,21,24)(H2,19,20,22,23). The zero-order chi connectivity index (χ0) is 17.5. The van der Waals surface area contributed by atoms with Crippen molar-refractivity contribution in [3.63, 3.8) is 0 Å². The van der Waals surface area contributed by atoms with E-state index in [4.69, 9.17) is 0 Å². The Kier molecular flexibility index (Phi) is 6.00. The van der Waals surface area contributed by atoms with Gasteiger partial charge in [0, 0.05) is 37.5 Å². The number of aryl methyl sites for hydroxylation is 1. The molecule has 6 nitrogen and oxygen atoms in total. The maximum absolute atomic E-state index is 13.5. The van der Waals surface area contributed by atoms with Crippen LogP contribution in [0.5, 0.6) is 0 Å². The second kappa shape index (κ2) is 8.19. The topological polar surface area (TPSA) is 78.9 Å². The molecule has 0 atom stereocenters. The monoisotopic (exact) mass is 335 g/mol. The van der Waals surface area contributed by atoms with E-state index in [0.29, 0.717) is 30.9 Å². The van der Waals surface area contributed by atoms with Crippen LogP contribution in [0.2, 0.25) is 0 Å². The summed E-state index contributed by atoms with van der Waals surface area (Å²) in [5.41, 5.74) is 0.615. The van der Waals surface area contributed by atoms with Gasteiger partial charge in [0.15, 0.2) is 0 Å². The van der Waals surface area contributed by atoms with Crippen molar-refractivity contribution in [2.45, 2.75) is 13.8 Å². The average molecular weight is 335 g/mol. The summed E-state index contributed by atoms with van der Waals surface area (Å²) in [6, 6.07) is 4.62. The summed E-state index contributed by atoms with van der Waals surface area (Å²) in [4.78, 5) is 20.4. The minimum atomic E-state index is -0.887. The fourth-order valence-electron chi connectivity index (χ4n) is 2.03. The summed E-state index contributed by atoms with van der Waals surface area (Å²) < 4.78 is 26.3. The van der Waals surface area contributed by atoms with Crippen molar-refractivity contribution < 1.29 is 13.6 Å². The van der Waals surface area contributed by atoms with Crippen LogP contribution in [0, 0.1) is 18.6 Å². The first-order valence-electron chi connectivity index (χ1n) is 7.56. The number of carbonyl (C=O) groups is 1. The number of carbonyl (C=O) groups excluding carboxylic acids is 1. The molecule has 0 fully saturated rings. The molecule has 3 N–H and O–H groups in total. The number of hydrogen-bond donors (Lipinski definition) is 3. The number of nitrogens with zero attached hydrogens (tertiary/aromatic N) is 2. The molecule has 0 aliphatic carbocycles. The molecular weight excluding hydrogens is 316 g/mol. The molecule has 24 heavy (non-hydrogen) atoms. The van der Waals surface area contributed by atoms with E-state index in [9.17, 15) is 13.6 Å². The number of hydrogen-bond acceptors (Lipinski definition) is 5. The normalized spacial score (nSPS) is 10.3. The van der Waals surface area contributed by atoms with E-state index in [2.05, 4.69) is 25.9 Å². The zero-order valence-electron chi connectivity index (χ0n) is 13.5. The van der Waals surface area contributed by atoms with Crippen molar-refractivity contribution in [1.29, 1.82) is 0 Å². The number of amides is 1. The Morgan fingerprint density at radius 1 is 1.12 bits per heavy atom. The van der Waals surface area contributed by atoms with Gasteiger partial charge in [0.25, 0.3) is 5.91 Å². The first kappa shape index (κ1) is 17.6. The molecule has 0 aliphatic heterocycles. The van der Waals surface area contributed by atoms with Crippen LogP contribution >= 0.6 is 0 Å². The maximum atomic E-state index is 13.5. The van der Waals surface area contributed by atoms with Crippen molar-refractivity contribution in [1.82, 2.24) is 15.3 Å². The molecule has 2 aromatic rings. The molecule has 0 aliphatic rings. The third kappa shape index (κ3) is 4.87. The number of rotatable bonds is 7. The fourth-order valence-corrected chi connectivity index (χ4v) is 2.03. The third-order valence-corrected chi connectivity index (χ3v) is 3.08. The summed E-state index contributed by atoms with van der Waals surface area (Å²) in [6.07, 6.45) is 0. The van der Waals surface area contributed by atoms with Gasteiger partial charge < -0.3 is 16.0 Å². The van der Waals surface area contributed by atoms with E-state index >= 15 is 0 Å². The molecule has 8 heteroatoms. The smallest absolute Gasteiger partial charge is 0.254 e. The van der Waals surface area contributed by atoms with Crippen LogP contribution in [0.1, 0.15) is 23.0 Å². The van der Waals surface area contributed by atoms with Gasteiger partial charge in [0.1, 0.15) is 17.5 Å². The molecule has 0 saturated heterocycles. The highest BCUT2D eigenvalue weighted by atomic mass is 19.1. The first-order valence-corrected chi connectivity index (χ1v) is 7.56. The van der Waals surface area contributed by atoms with Gasteiger partial charge in [-0.2, -0.15) is 4.98 Å². The van der Waals surface area contributed by atoms with Crippen LogP contribution in [-0.2, 0) is 0 Å². The van der Waals surface area contributed by atoms with Crippen molar-refractivity contribution in [3.05, 3.63) is 47.2 Å². The Labute approximate surface area is 138 Å². The average Bonchev–Trinajstić information content (AvgIpc) is 2.51.